The number of rotatable bonds is 16. The summed E-state index contributed by atoms with van der Waals surface area (Å²) in [6.07, 6.45) is 15.2. The van der Waals surface area contributed by atoms with E-state index in [-0.39, 0.29) is 5.97 Å². The maximum absolute atomic E-state index is 11.8. The Balaban J connectivity index is 0.937. The molecule has 0 unspecified atom stereocenters. The first kappa shape index (κ1) is 29.4. The third kappa shape index (κ3) is 8.00. The van der Waals surface area contributed by atoms with Gasteiger partial charge < -0.3 is 9.47 Å². The Kier molecular flexibility index (Phi) is 11.0. The van der Waals surface area contributed by atoms with Crippen LogP contribution in [0, 0.1) is 0 Å². The van der Waals surface area contributed by atoms with Crippen LogP contribution >= 0.6 is 0 Å². The fourth-order valence-corrected chi connectivity index (χ4v) is 5.79. The molecule has 3 heteroatoms. The predicted molar refractivity (Wildman–Crippen MR) is 177 cm³/mol. The predicted octanol–water partition coefficient (Wildman–Crippen LogP) is 10.7. The molecule has 0 aliphatic heterocycles. The third-order valence-corrected chi connectivity index (χ3v) is 7.98. The molecule has 0 amide bonds. The first-order chi connectivity index (χ1) is 20.8. The second-order valence-electron chi connectivity index (χ2n) is 11.1. The van der Waals surface area contributed by atoms with Crippen LogP contribution in [0.5, 0.6) is 5.75 Å². The number of benzene rings is 5. The summed E-state index contributed by atoms with van der Waals surface area (Å²) in [6.45, 7) is 1.26. The van der Waals surface area contributed by atoms with Crippen molar-refractivity contribution in [2.45, 2.75) is 64.2 Å². The summed E-state index contributed by atoms with van der Waals surface area (Å²) >= 11 is 0. The van der Waals surface area contributed by atoms with E-state index in [4.69, 9.17) is 9.47 Å². The maximum Gasteiger partial charge on any atom is 0.330 e. The highest BCUT2D eigenvalue weighted by Gasteiger charge is 2.12. The van der Waals surface area contributed by atoms with Gasteiger partial charge in [0.2, 0.25) is 0 Å². The van der Waals surface area contributed by atoms with E-state index >= 15 is 0 Å². The van der Waals surface area contributed by atoms with Crippen molar-refractivity contribution < 1.29 is 14.3 Å². The fraction of sp³-hybridized carbons (Fsp3) is 0.308. The van der Waals surface area contributed by atoms with Gasteiger partial charge in [-0.05, 0) is 57.5 Å². The lowest BCUT2D eigenvalue weighted by Crippen LogP contribution is -2.02. The van der Waals surface area contributed by atoms with Crippen LogP contribution in [0.3, 0.4) is 0 Å². The molecule has 0 aromatic heterocycles. The first-order valence-electron chi connectivity index (χ1n) is 15.7. The molecule has 0 radical (unpaired) electrons. The van der Waals surface area contributed by atoms with Crippen LogP contribution in [0.4, 0.5) is 0 Å². The molecule has 0 saturated carbocycles. The number of unbranched alkanes of at least 4 members (excludes halogenated alkanes) is 9. The summed E-state index contributed by atoms with van der Waals surface area (Å²) in [7, 11) is 0. The number of carbonyl (C=O) groups excluding carboxylic acids is 1. The average Bonchev–Trinajstić information content (AvgIpc) is 3.04. The molecule has 42 heavy (non-hydrogen) atoms. The van der Waals surface area contributed by atoms with E-state index in [1.165, 1.54) is 83.3 Å². The Morgan fingerprint density at radius 1 is 0.500 bits per heavy atom. The molecule has 216 valence electrons. The Hall–Kier alpha value is -4.11. The zero-order chi connectivity index (χ0) is 28.8. The van der Waals surface area contributed by atoms with E-state index in [9.17, 15) is 4.79 Å². The van der Waals surface area contributed by atoms with E-state index in [2.05, 4.69) is 66.7 Å². The molecule has 3 nitrogen and oxygen atoms in total. The van der Waals surface area contributed by atoms with Crippen LogP contribution in [0.2, 0.25) is 0 Å². The van der Waals surface area contributed by atoms with Gasteiger partial charge in [-0.2, -0.15) is 0 Å². The minimum absolute atomic E-state index is 0.261. The molecule has 0 bridgehead atoms. The Bertz CT molecular complexity index is 1560. The van der Waals surface area contributed by atoms with Crippen LogP contribution in [-0.2, 0) is 9.53 Å². The molecule has 5 aromatic carbocycles. The highest BCUT2D eigenvalue weighted by Crippen LogP contribution is 2.39. The second-order valence-corrected chi connectivity index (χ2v) is 11.1. The second kappa shape index (κ2) is 15.8. The van der Waals surface area contributed by atoms with Crippen molar-refractivity contribution in [3.63, 3.8) is 0 Å². The van der Waals surface area contributed by atoms with Crippen molar-refractivity contribution in [3.8, 4) is 5.75 Å². The van der Waals surface area contributed by atoms with Crippen molar-refractivity contribution in [3.05, 3.63) is 109 Å². The van der Waals surface area contributed by atoms with Crippen molar-refractivity contribution in [2.24, 2.45) is 0 Å². The fourth-order valence-electron chi connectivity index (χ4n) is 5.79. The Morgan fingerprint density at radius 2 is 0.976 bits per heavy atom. The maximum atomic E-state index is 11.8. The molecule has 0 aliphatic rings. The van der Waals surface area contributed by atoms with Crippen molar-refractivity contribution in [1.29, 1.82) is 0 Å². The molecule has 0 fully saturated rings. The molecular formula is C39H42O3. The van der Waals surface area contributed by atoms with Crippen LogP contribution < -0.4 is 4.74 Å². The van der Waals surface area contributed by atoms with Gasteiger partial charge in [-0.25, -0.2) is 4.79 Å². The highest BCUT2D eigenvalue weighted by atomic mass is 16.5. The van der Waals surface area contributed by atoms with Gasteiger partial charge in [0.05, 0.1) is 13.2 Å². The lowest BCUT2D eigenvalue weighted by atomic mass is 9.94. The normalized spacial score (nSPS) is 11.5. The number of esters is 1. The lowest BCUT2D eigenvalue weighted by molar-refractivity contribution is -0.137. The molecule has 5 aromatic rings. The summed E-state index contributed by atoms with van der Waals surface area (Å²) in [5.74, 6) is 0.733. The van der Waals surface area contributed by atoms with Gasteiger partial charge >= 0.3 is 5.97 Å². The SMILES string of the molecule is O=C(C=Cc1ccccc1)OCCCCCCCCCCCCOc1cccc2c3ccccc3c3ccccc3c12. The number of hydrogen-bond donors (Lipinski definition) is 0. The van der Waals surface area contributed by atoms with Gasteiger partial charge in [-0.15, -0.1) is 0 Å². The van der Waals surface area contributed by atoms with Crippen LogP contribution in [0.25, 0.3) is 38.4 Å². The molecule has 0 atom stereocenters. The lowest BCUT2D eigenvalue weighted by Gasteiger charge is -2.14. The number of carbonyl (C=O) groups is 1. The Labute approximate surface area is 250 Å². The Morgan fingerprint density at radius 3 is 1.60 bits per heavy atom. The zero-order valence-electron chi connectivity index (χ0n) is 24.6. The molecule has 0 aliphatic carbocycles. The van der Waals surface area contributed by atoms with Gasteiger partial charge in [0.1, 0.15) is 5.75 Å². The van der Waals surface area contributed by atoms with Crippen molar-refractivity contribution in [1.82, 2.24) is 0 Å². The quantitative estimate of drug-likeness (QED) is 0.0523. The average molecular weight is 559 g/mol. The molecule has 5 rings (SSSR count). The van der Waals surface area contributed by atoms with E-state index < -0.39 is 0 Å². The number of ether oxygens (including phenoxy) is 2. The van der Waals surface area contributed by atoms with Crippen LogP contribution in [-0.4, -0.2) is 19.2 Å². The van der Waals surface area contributed by atoms with E-state index in [0.717, 1.165) is 37.2 Å². The van der Waals surface area contributed by atoms with Gasteiger partial charge in [0.15, 0.2) is 0 Å². The molecule has 0 N–H and O–H groups in total. The van der Waals surface area contributed by atoms with Crippen LogP contribution in [0.15, 0.2) is 103 Å². The molecule has 0 heterocycles. The first-order valence-corrected chi connectivity index (χ1v) is 15.7. The van der Waals surface area contributed by atoms with Gasteiger partial charge in [0, 0.05) is 11.5 Å². The summed E-state index contributed by atoms with van der Waals surface area (Å²) < 4.78 is 11.7. The van der Waals surface area contributed by atoms with Crippen LogP contribution in [0.1, 0.15) is 69.8 Å². The number of hydrogen-bond acceptors (Lipinski definition) is 3. The minimum atomic E-state index is -0.261. The largest absolute Gasteiger partial charge is 0.493 e. The van der Waals surface area contributed by atoms with E-state index in [0.29, 0.717) is 6.61 Å². The molecule has 0 spiro atoms. The molecule has 0 saturated heterocycles. The van der Waals surface area contributed by atoms with E-state index in [1.54, 1.807) is 6.08 Å². The van der Waals surface area contributed by atoms with Gasteiger partial charge in [0.25, 0.3) is 0 Å². The summed E-state index contributed by atoms with van der Waals surface area (Å²) in [5, 5.41) is 7.62. The zero-order valence-corrected chi connectivity index (χ0v) is 24.6. The standard InChI is InChI=1S/C39H42O3/c40-38(28-27-31-19-10-9-11-20-31)42-30-17-8-6-4-2-1-3-5-7-16-29-41-37-26-18-25-36-34-22-13-12-21-32(34)33-23-14-15-24-35(33)39(36)37/h9-15,18-28H,1-8,16-17,29-30H2. The number of fused-ring (bicyclic) bond motifs is 6. The van der Waals surface area contributed by atoms with Gasteiger partial charge in [-0.1, -0.05) is 142 Å². The third-order valence-electron chi connectivity index (χ3n) is 7.98. The summed E-state index contributed by atoms with van der Waals surface area (Å²) in [4.78, 5) is 11.8. The monoisotopic (exact) mass is 558 g/mol. The topological polar surface area (TPSA) is 35.5 Å². The molecular weight excluding hydrogens is 516 g/mol. The summed E-state index contributed by atoms with van der Waals surface area (Å²) in [5.41, 5.74) is 1.01. The van der Waals surface area contributed by atoms with Crippen molar-refractivity contribution in [2.75, 3.05) is 13.2 Å². The minimum Gasteiger partial charge on any atom is -0.493 e. The van der Waals surface area contributed by atoms with E-state index in [1.807, 2.05) is 30.3 Å². The summed E-state index contributed by atoms with van der Waals surface area (Å²) in [6, 6.07) is 33.6. The smallest absolute Gasteiger partial charge is 0.330 e. The van der Waals surface area contributed by atoms with Crippen molar-refractivity contribution >= 4 is 44.4 Å². The van der Waals surface area contributed by atoms with Gasteiger partial charge in [-0.3, -0.25) is 0 Å². The highest BCUT2D eigenvalue weighted by molar-refractivity contribution is 6.26.